The average Bonchev–Trinajstić information content (AvgIpc) is 2.76. The molecule has 1 amide bonds. The fraction of sp³-hybridized carbons (Fsp3) is 0.440. The SMILES string of the molecule is CCNC(=NCc1cccc(C(=O)NCCN(C)C)c1)NCC(C)(C)c1ccccc1.I. The molecule has 3 N–H and O–H groups in total. The summed E-state index contributed by atoms with van der Waals surface area (Å²) in [6.07, 6.45) is 0. The van der Waals surface area contributed by atoms with E-state index in [0.717, 1.165) is 31.2 Å². The number of guanidine groups is 1. The fourth-order valence-electron chi connectivity index (χ4n) is 3.11. The molecular weight excluding hydrogens is 513 g/mol. The highest BCUT2D eigenvalue weighted by molar-refractivity contribution is 14.0. The van der Waals surface area contributed by atoms with Crippen LogP contribution in [0.3, 0.4) is 0 Å². The molecule has 7 heteroatoms. The van der Waals surface area contributed by atoms with Gasteiger partial charge in [0.05, 0.1) is 6.54 Å². The Kier molecular flexibility index (Phi) is 12.3. The third-order valence-electron chi connectivity index (χ3n) is 5.05. The number of carbonyl (C=O) groups is 1. The summed E-state index contributed by atoms with van der Waals surface area (Å²) >= 11 is 0. The monoisotopic (exact) mass is 551 g/mol. The van der Waals surface area contributed by atoms with Gasteiger partial charge in [-0.1, -0.05) is 56.3 Å². The van der Waals surface area contributed by atoms with Gasteiger partial charge in [0.1, 0.15) is 0 Å². The summed E-state index contributed by atoms with van der Waals surface area (Å²) in [5.74, 6) is 0.717. The summed E-state index contributed by atoms with van der Waals surface area (Å²) in [4.78, 5) is 19.1. The van der Waals surface area contributed by atoms with E-state index in [2.05, 4.69) is 61.0 Å². The van der Waals surface area contributed by atoms with E-state index in [-0.39, 0.29) is 35.3 Å². The molecule has 0 aliphatic carbocycles. The van der Waals surface area contributed by atoms with Gasteiger partial charge < -0.3 is 20.9 Å². The molecule has 0 saturated carbocycles. The maximum atomic E-state index is 12.4. The number of carbonyl (C=O) groups excluding carboxylic acids is 1. The summed E-state index contributed by atoms with van der Waals surface area (Å²) in [6.45, 7) is 9.97. The van der Waals surface area contributed by atoms with Crippen molar-refractivity contribution in [2.24, 2.45) is 4.99 Å². The molecule has 2 aromatic carbocycles. The highest BCUT2D eigenvalue weighted by Gasteiger charge is 2.20. The summed E-state index contributed by atoms with van der Waals surface area (Å²) in [7, 11) is 3.98. The Bertz CT molecular complexity index is 852. The molecule has 0 radical (unpaired) electrons. The average molecular weight is 552 g/mol. The van der Waals surface area contributed by atoms with Gasteiger partial charge in [-0.05, 0) is 44.3 Å². The van der Waals surface area contributed by atoms with E-state index in [1.807, 2.05) is 49.3 Å². The summed E-state index contributed by atoms with van der Waals surface area (Å²) in [5.41, 5.74) is 2.92. The van der Waals surface area contributed by atoms with Crippen LogP contribution < -0.4 is 16.0 Å². The largest absolute Gasteiger partial charge is 0.357 e. The number of amides is 1. The molecular formula is C25H38IN5O. The van der Waals surface area contributed by atoms with Crippen LogP contribution in [0.1, 0.15) is 42.3 Å². The number of aliphatic imine (C=N–C) groups is 1. The minimum absolute atomic E-state index is 0. The number of hydrogen-bond acceptors (Lipinski definition) is 3. The first-order chi connectivity index (χ1) is 14.8. The normalized spacial score (nSPS) is 11.6. The van der Waals surface area contributed by atoms with Crippen LogP contribution in [-0.4, -0.2) is 57.0 Å². The molecule has 6 nitrogen and oxygen atoms in total. The Morgan fingerprint density at radius 3 is 2.38 bits per heavy atom. The molecule has 0 atom stereocenters. The van der Waals surface area contributed by atoms with E-state index in [1.165, 1.54) is 5.56 Å². The lowest BCUT2D eigenvalue weighted by Crippen LogP contribution is -2.43. The van der Waals surface area contributed by atoms with Crippen LogP contribution in [0, 0.1) is 0 Å². The number of likely N-dealkylation sites (N-methyl/N-ethyl adjacent to an activating group) is 1. The third kappa shape index (κ3) is 9.56. The van der Waals surface area contributed by atoms with Crippen molar-refractivity contribution in [2.75, 3.05) is 40.3 Å². The lowest BCUT2D eigenvalue weighted by atomic mass is 9.85. The molecule has 176 valence electrons. The number of rotatable bonds is 10. The molecule has 0 saturated heterocycles. The minimum Gasteiger partial charge on any atom is -0.357 e. The van der Waals surface area contributed by atoms with Gasteiger partial charge in [0, 0.05) is 37.2 Å². The zero-order valence-corrected chi connectivity index (χ0v) is 22.3. The number of benzene rings is 2. The van der Waals surface area contributed by atoms with Gasteiger partial charge in [-0.2, -0.15) is 0 Å². The van der Waals surface area contributed by atoms with Crippen molar-refractivity contribution in [1.82, 2.24) is 20.9 Å². The van der Waals surface area contributed by atoms with Gasteiger partial charge in [-0.3, -0.25) is 4.79 Å². The van der Waals surface area contributed by atoms with Gasteiger partial charge in [-0.25, -0.2) is 4.99 Å². The second-order valence-corrected chi connectivity index (χ2v) is 8.56. The van der Waals surface area contributed by atoms with E-state index in [4.69, 9.17) is 4.99 Å². The molecule has 32 heavy (non-hydrogen) atoms. The minimum atomic E-state index is -0.0534. The van der Waals surface area contributed by atoms with E-state index in [0.29, 0.717) is 18.7 Å². The maximum Gasteiger partial charge on any atom is 0.251 e. The molecule has 0 spiro atoms. The van der Waals surface area contributed by atoms with Crippen molar-refractivity contribution in [2.45, 2.75) is 32.7 Å². The zero-order valence-electron chi connectivity index (χ0n) is 19.9. The van der Waals surface area contributed by atoms with Crippen molar-refractivity contribution < 1.29 is 4.79 Å². The molecule has 0 aromatic heterocycles. The first-order valence-electron chi connectivity index (χ1n) is 10.9. The maximum absolute atomic E-state index is 12.4. The molecule has 0 aliphatic rings. The summed E-state index contributed by atoms with van der Waals surface area (Å²) < 4.78 is 0. The van der Waals surface area contributed by atoms with Gasteiger partial charge >= 0.3 is 0 Å². The van der Waals surface area contributed by atoms with Crippen LogP contribution in [0.25, 0.3) is 0 Å². The van der Waals surface area contributed by atoms with Crippen molar-refractivity contribution in [3.8, 4) is 0 Å². The number of nitrogens with one attached hydrogen (secondary N) is 3. The first-order valence-corrected chi connectivity index (χ1v) is 10.9. The second-order valence-electron chi connectivity index (χ2n) is 8.56. The van der Waals surface area contributed by atoms with E-state index in [9.17, 15) is 4.79 Å². The van der Waals surface area contributed by atoms with Crippen LogP contribution >= 0.6 is 24.0 Å². The number of nitrogens with zero attached hydrogens (tertiary/aromatic N) is 2. The van der Waals surface area contributed by atoms with Gasteiger partial charge in [-0.15, -0.1) is 24.0 Å². The standard InChI is InChI=1S/C25H37N5O.HI/c1-6-26-24(29-19-25(2,3)22-13-8-7-9-14-22)28-18-20-11-10-12-21(17-20)23(31)27-15-16-30(4)5;/h7-14,17H,6,15-16,18-19H2,1-5H3,(H,27,31)(H2,26,28,29);1H. The molecule has 0 fully saturated rings. The quantitative estimate of drug-likeness (QED) is 0.240. The van der Waals surface area contributed by atoms with E-state index < -0.39 is 0 Å². The lowest BCUT2D eigenvalue weighted by Gasteiger charge is -2.26. The van der Waals surface area contributed by atoms with Gasteiger partial charge in [0.25, 0.3) is 5.91 Å². The Labute approximate surface area is 210 Å². The number of halogens is 1. The Morgan fingerprint density at radius 2 is 1.72 bits per heavy atom. The molecule has 2 aromatic rings. The van der Waals surface area contributed by atoms with Gasteiger partial charge in [0.2, 0.25) is 0 Å². The Hall–Kier alpha value is -2.13. The third-order valence-corrected chi connectivity index (χ3v) is 5.05. The predicted molar refractivity (Wildman–Crippen MR) is 145 cm³/mol. The summed E-state index contributed by atoms with van der Waals surface area (Å²) in [6, 6.07) is 18.1. The van der Waals surface area contributed by atoms with Gasteiger partial charge in [0.15, 0.2) is 5.96 Å². The summed E-state index contributed by atoms with van der Waals surface area (Å²) in [5, 5.41) is 9.72. The van der Waals surface area contributed by atoms with Crippen LogP contribution in [-0.2, 0) is 12.0 Å². The fourth-order valence-corrected chi connectivity index (χ4v) is 3.11. The second kappa shape index (κ2) is 14.1. The Morgan fingerprint density at radius 1 is 1.00 bits per heavy atom. The van der Waals surface area contributed by atoms with E-state index in [1.54, 1.807) is 0 Å². The molecule has 0 unspecified atom stereocenters. The Balaban J connectivity index is 0.00000512. The zero-order chi connectivity index (χ0) is 22.7. The highest BCUT2D eigenvalue weighted by atomic mass is 127. The highest BCUT2D eigenvalue weighted by Crippen LogP contribution is 2.21. The molecule has 0 heterocycles. The smallest absolute Gasteiger partial charge is 0.251 e. The van der Waals surface area contributed by atoms with Crippen molar-refractivity contribution >= 4 is 35.8 Å². The van der Waals surface area contributed by atoms with E-state index >= 15 is 0 Å². The van der Waals surface area contributed by atoms with Crippen LogP contribution in [0.4, 0.5) is 0 Å². The van der Waals surface area contributed by atoms with Crippen molar-refractivity contribution in [3.05, 3.63) is 71.3 Å². The molecule has 0 aliphatic heterocycles. The predicted octanol–water partition coefficient (Wildman–Crippen LogP) is 3.63. The number of hydrogen-bond donors (Lipinski definition) is 3. The molecule has 2 rings (SSSR count). The molecule has 0 bridgehead atoms. The van der Waals surface area contributed by atoms with Crippen molar-refractivity contribution in [1.29, 1.82) is 0 Å². The van der Waals surface area contributed by atoms with Crippen LogP contribution in [0.15, 0.2) is 59.6 Å². The first kappa shape index (κ1) is 27.9. The van der Waals surface area contributed by atoms with Crippen molar-refractivity contribution in [3.63, 3.8) is 0 Å². The lowest BCUT2D eigenvalue weighted by molar-refractivity contribution is 0.0951. The van der Waals surface area contributed by atoms with Crippen LogP contribution in [0.2, 0.25) is 0 Å². The van der Waals surface area contributed by atoms with Crippen LogP contribution in [0.5, 0.6) is 0 Å². The topological polar surface area (TPSA) is 68.8 Å².